The third kappa shape index (κ3) is 6.71. The molecule has 1 aromatic rings. The minimum atomic E-state index is 0.0250. The second-order valence-corrected chi connectivity index (χ2v) is 3.76. The van der Waals surface area contributed by atoms with E-state index in [1.54, 1.807) is 7.11 Å². The maximum Gasteiger partial charge on any atom is 0.233 e. The van der Waals surface area contributed by atoms with Crippen LogP contribution in [0.5, 0.6) is 0 Å². The number of benzene rings is 1. The molecule has 1 aromatic carbocycles. The van der Waals surface area contributed by atoms with E-state index in [0.29, 0.717) is 26.2 Å². The van der Waals surface area contributed by atoms with Crippen molar-refractivity contribution >= 4 is 5.91 Å². The lowest BCUT2D eigenvalue weighted by molar-refractivity contribution is -0.120. The van der Waals surface area contributed by atoms with Crippen molar-refractivity contribution < 1.29 is 9.53 Å². The van der Waals surface area contributed by atoms with Crippen LogP contribution < -0.4 is 10.6 Å². The van der Waals surface area contributed by atoms with Gasteiger partial charge in [-0.05, 0) is 12.0 Å². The number of hydrogen-bond acceptors (Lipinski definition) is 3. The van der Waals surface area contributed by atoms with Crippen LogP contribution in [-0.2, 0) is 16.0 Å². The van der Waals surface area contributed by atoms with E-state index in [4.69, 9.17) is 4.74 Å². The predicted molar refractivity (Wildman–Crippen MR) is 67.9 cm³/mol. The Balaban J connectivity index is 2.04. The Morgan fingerprint density at radius 3 is 2.71 bits per heavy atom. The van der Waals surface area contributed by atoms with Crippen molar-refractivity contribution in [2.75, 3.05) is 33.4 Å². The van der Waals surface area contributed by atoms with Crippen molar-refractivity contribution in [2.24, 2.45) is 0 Å². The zero-order valence-electron chi connectivity index (χ0n) is 10.2. The smallest absolute Gasteiger partial charge is 0.233 e. The Bertz CT molecular complexity index is 314. The van der Waals surface area contributed by atoms with Gasteiger partial charge in [-0.3, -0.25) is 4.79 Å². The maximum absolute atomic E-state index is 11.4. The first-order valence-corrected chi connectivity index (χ1v) is 5.83. The fraction of sp³-hybridized carbons (Fsp3) is 0.462. The highest BCUT2D eigenvalue weighted by atomic mass is 16.5. The molecule has 2 N–H and O–H groups in total. The average Bonchev–Trinajstić information content (AvgIpc) is 2.36. The molecular formula is C13H20N2O2. The molecule has 0 heterocycles. The molecule has 0 atom stereocenters. The van der Waals surface area contributed by atoms with E-state index in [-0.39, 0.29) is 5.91 Å². The molecule has 0 aliphatic carbocycles. The van der Waals surface area contributed by atoms with Crippen LogP contribution in [0.3, 0.4) is 0 Å². The molecule has 0 aromatic heterocycles. The van der Waals surface area contributed by atoms with Crippen LogP contribution in [-0.4, -0.2) is 39.3 Å². The molecule has 94 valence electrons. The predicted octanol–water partition coefficient (Wildman–Crippen LogP) is 0.581. The van der Waals surface area contributed by atoms with E-state index in [2.05, 4.69) is 22.8 Å². The second-order valence-electron chi connectivity index (χ2n) is 3.76. The van der Waals surface area contributed by atoms with E-state index in [1.807, 2.05) is 18.2 Å². The Morgan fingerprint density at radius 1 is 1.24 bits per heavy atom. The van der Waals surface area contributed by atoms with Gasteiger partial charge in [0.1, 0.15) is 0 Å². The summed E-state index contributed by atoms with van der Waals surface area (Å²) in [6, 6.07) is 10.1. The summed E-state index contributed by atoms with van der Waals surface area (Å²) in [4.78, 5) is 11.4. The minimum Gasteiger partial charge on any atom is -0.383 e. The van der Waals surface area contributed by atoms with Crippen molar-refractivity contribution in [3.05, 3.63) is 35.9 Å². The Labute approximate surface area is 102 Å². The third-order valence-corrected chi connectivity index (χ3v) is 2.35. The monoisotopic (exact) mass is 236 g/mol. The summed E-state index contributed by atoms with van der Waals surface area (Å²) < 4.78 is 4.87. The number of carbonyl (C=O) groups excluding carboxylic acids is 1. The standard InChI is InChI=1S/C13H20N2O2/c1-17-10-9-14-11-13(16)15-8-7-12-5-3-2-4-6-12/h2-6,14H,7-11H2,1H3,(H,15,16). The zero-order valence-corrected chi connectivity index (χ0v) is 10.2. The third-order valence-electron chi connectivity index (χ3n) is 2.35. The van der Waals surface area contributed by atoms with E-state index in [9.17, 15) is 4.79 Å². The lowest BCUT2D eigenvalue weighted by atomic mass is 10.1. The van der Waals surface area contributed by atoms with Crippen LogP contribution in [0.1, 0.15) is 5.56 Å². The normalized spacial score (nSPS) is 10.2. The summed E-state index contributed by atoms with van der Waals surface area (Å²) in [6.45, 7) is 2.34. The highest BCUT2D eigenvalue weighted by Crippen LogP contribution is 1.97. The van der Waals surface area contributed by atoms with Crippen molar-refractivity contribution in [2.45, 2.75) is 6.42 Å². The summed E-state index contributed by atoms with van der Waals surface area (Å²) in [7, 11) is 1.64. The first kappa shape index (κ1) is 13.7. The first-order valence-electron chi connectivity index (χ1n) is 5.83. The summed E-state index contributed by atoms with van der Waals surface area (Å²) in [6.07, 6.45) is 0.866. The molecule has 0 unspecified atom stereocenters. The van der Waals surface area contributed by atoms with E-state index in [1.165, 1.54) is 5.56 Å². The Morgan fingerprint density at radius 2 is 2.00 bits per heavy atom. The van der Waals surface area contributed by atoms with Gasteiger partial charge in [0, 0.05) is 20.2 Å². The highest BCUT2D eigenvalue weighted by molar-refractivity contribution is 5.77. The van der Waals surface area contributed by atoms with Gasteiger partial charge in [0.15, 0.2) is 0 Å². The van der Waals surface area contributed by atoms with Gasteiger partial charge in [-0.1, -0.05) is 30.3 Å². The van der Waals surface area contributed by atoms with Crippen LogP contribution >= 0.6 is 0 Å². The molecule has 0 saturated carbocycles. The van der Waals surface area contributed by atoms with Gasteiger partial charge >= 0.3 is 0 Å². The number of rotatable bonds is 8. The Hall–Kier alpha value is -1.39. The van der Waals surface area contributed by atoms with Gasteiger partial charge in [0.2, 0.25) is 5.91 Å². The molecule has 0 aliphatic rings. The van der Waals surface area contributed by atoms with Gasteiger partial charge in [-0.2, -0.15) is 0 Å². The fourth-order valence-electron chi connectivity index (χ4n) is 1.43. The SMILES string of the molecule is COCCNCC(=O)NCCc1ccccc1. The number of carbonyl (C=O) groups is 1. The average molecular weight is 236 g/mol. The molecule has 0 bridgehead atoms. The molecule has 0 saturated heterocycles. The molecule has 4 heteroatoms. The molecule has 17 heavy (non-hydrogen) atoms. The molecule has 0 fully saturated rings. The van der Waals surface area contributed by atoms with Crippen LogP contribution in [0, 0.1) is 0 Å². The fourth-order valence-corrected chi connectivity index (χ4v) is 1.43. The van der Waals surface area contributed by atoms with E-state index < -0.39 is 0 Å². The van der Waals surface area contributed by atoms with Crippen molar-refractivity contribution in [1.82, 2.24) is 10.6 Å². The van der Waals surface area contributed by atoms with Gasteiger partial charge in [0.25, 0.3) is 0 Å². The van der Waals surface area contributed by atoms with Gasteiger partial charge in [0.05, 0.1) is 13.2 Å². The highest BCUT2D eigenvalue weighted by Gasteiger charge is 1.99. The molecule has 0 aliphatic heterocycles. The van der Waals surface area contributed by atoms with Gasteiger partial charge < -0.3 is 15.4 Å². The zero-order chi connectivity index (χ0) is 12.3. The molecular weight excluding hydrogens is 216 g/mol. The molecule has 1 rings (SSSR count). The van der Waals surface area contributed by atoms with Gasteiger partial charge in [-0.25, -0.2) is 0 Å². The quantitative estimate of drug-likeness (QED) is 0.649. The largest absolute Gasteiger partial charge is 0.383 e. The summed E-state index contributed by atoms with van der Waals surface area (Å²) in [5.74, 6) is 0.0250. The van der Waals surface area contributed by atoms with E-state index in [0.717, 1.165) is 6.42 Å². The minimum absolute atomic E-state index is 0.0250. The van der Waals surface area contributed by atoms with Crippen LogP contribution in [0.25, 0.3) is 0 Å². The number of methoxy groups -OCH3 is 1. The lowest BCUT2D eigenvalue weighted by Gasteiger charge is -2.06. The van der Waals surface area contributed by atoms with Crippen LogP contribution in [0.2, 0.25) is 0 Å². The second kappa shape index (κ2) is 8.73. The molecule has 0 radical (unpaired) electrons. The number of hydrogen-bond donors (Lipinski definition) is 2. The van der Waals surface area contributed by atoms with Crippen molar-refractivity contribution in [1.29, 1.82) is 0 Å². The summed E-state index contributed by atoms with van der Waals surface area (Å²) >= 11 is 0. The lowest BCUT2D eigenvalue weighted by Crippen LogP contribution is -2.36. The number of ether oxygens (including phenoxy) is 1. The summed E-state index contributed by atoms with van der Waals surface area (Å²) in [5.41, 5.74) is 1.24. The molecule has 1 amide bonds. The van der Waals surface area contributed by atoms with Crippen LogP contribution in [0.4, 0.5) is 0 Å². The van der Waals surface area contributed by atoms with Crippen molar-refractivity contribution in [3.63, 3.8) is 0 Å². The molecule has 0 spiro atoms. The summed E-state index contributed by atoms with van der Waals surface area (Å²) in [5, 5.41) is 5.86. The number of nitrogens with one attached hydrogen (secondary N) is 2. The maximum atomic E-state index is 11.4. The van der Waals surface area contributed by atoms with Crippen LogP contribution in [0.15, 0.2) is 30.3 Å². The van der Waals surface area contributed by atoms with Crippen molar-refractivity contribution in [3.8, 4) is 0 Å². The van der Waals surface area contributed by atoms with E-state index >= 15 is 0 Å². The molecule has 4 nitrogen and oxygen atoms in total. The Kier molecular flexibility index (Phi) is 7.02. The topological polar surface area (TPSA) is 50.4 Å². The number of amides is 1. The van der Waals surface area contributed by atoms with Gasteiger partial charge in [-0.15, -0.1) is 0 Å². The first-order chi connectivity index (χ1) is 8.33.